The Balaban J connectivity index is 1.30. The van der Waals surface area contributed by atoms with E-state index in [0.29, 0.717) is 6.42 Å². The zero-order chi connectivity index (χ0) is 20.2. The number of hydrogen-bond donors (Lipinski definition) is 1. The minimum absolute atomic E-state index is 0.0617. The Bertz CT molecular complexity index is 991. The summed E-state index contributed by atoms with van der Waals surface area (Å²) in [7, 11) is 0. The highest BCUT2D eigenvalue weighted by atomic mass is 32.1. The molecule has 6 heteroatoms. The molecule has 1 aliphatic rings. The third-order valence-electron chi connectivity index (χ3n) is 5.63. The fraction of sp³-hybridized carbons (Fsp3) is 0.391. The van der Waals surface area contributed by atoms with Crippen molar-refractivity contribution in [2.24, 2.45) is 0 Å². The van der Waals surface area contributed by atoms with E-state index in [1.165, 1.54) is 15.6 Å². The molecule has 0 radical (unpaired) electrons. The molecule has 152 valence electrons. The molecule has 0 spiro atoms. The maximum Gasteiger partial charge on any atom is 0.224 e. The van der Waals surface area contributed by atoms with Crippen LogP contribution in [0.5, 0.6) is 0 Å². The van der Waals surface area contributed by atoms with Crippen molar-refractivity contribution in [2.75, 3.05) is 42.9 Å². The van der Waals surface area contributed by atoms with Gasteiger partial charge in [-0.15, -0.1) is 0 Å². The maximum absolute atomic E-state index is 11.6. The summed E-state index contributed by atoms with van der Waals surface area (Å²) < 4.78 is 5.96. The van der Waals surface area contributed by atoms with Crippen molar-refractivity contribution < 1.29 is 4.79 Å². The minimum atomic E-state index is 0.0617. The van der Waals surface area contributed by atoms with Gasteiger partial charge >= 0.3 is 0 Å². The molecule has 0 unspecified atom stereocenters. The molecule has 0 bridgehead atoms. The van der Waals surface area contributed by atoms with Gasteiger partial charge in [0.05, 0.1) is 4.70 Å². The molecule has 1 amide bonds. The number of aryl methyl sites for hydroxylation is 1. The predicted octanol–water partition coefficient (Wildman–Crippen LogP) is 4.32. The van der Waals surface area contributed by atoms with E-state index in [4.69, 9.17) is 4.37 Å². The Kier molecular flexibility index (Phi) is 6.11. The van der Waals surface area contributed by atoms with Crippen LogP contribution >= 0.6 is 11.5 Å². The van der Waals surface area contributed by atoms with Crippen molar-refractivity contribution in [1.82, 2.24) is 9.27 Å². The van der Waals surface area contributed by atoms with Gasteiger partial charge in [-0.1, -0.05) is 31.2 Å². The summed E-state index contributed by atoms with van der Waals surface area (Å²) in [5, 5.41) is 4.24. The summed E-state index contributed by atoms with van der Waals surface area (Å²) in [6.07, 6.45) is 1.53. The number of nitrogens with zero attached hydrogens (tertiary/aromatic N) is 3. The van der Waals surface area contributed by atoms with Crippen molar-refractivity contribution in [3.8, 4) is 0 Å². The summed E-state index contributed by atoms with van der Waals surface area (Å²) in [5.41, 5.74) is 3.37. The van der Waals surface area contributed by atoms with E-state index >= 15 is 0 Å². The molecule has 5 nitrogen and oxygen atoms in total. The molecule has 1 fully saturated rings. The van der Waals surface area contributed by atoms with Gasteiger partial charge in [-0.05, 0) is 54.2 Å². The Labute approximate surface area is 176 Å². The summed E-state index contributed by atoms with van der Waals surface area (Å²) in [5.74, 6) is 1.21. The van der Waals surface area contributed by atoms with Crippen LogP contribution in [-0.4, -0.2) is 47.9 Å². The van der Waals surface area contributed by atoms with Gasteiger partial charge in [0.2, 0.25) is 5.91 Å². The van der Waals surface area contributed by atoms with E-state index in [-0.39, 0.29) is 5.91 Å². The van der Waals surface area contributed by atoms with Gasteiger partial charge in [0, 0.05) is 50.2 Å². The zero-order valence-electron chi connectivity index (χ0n) is 17.1. The van der Waals surface area contributed by atoms with E-state index in [2.05, 4.69) is 58.4 Å². The average molecular weight is 409 g/mol. The van der Waals surface area contributed by atoms with Crippen molar-refractivity contribution in [3.05, 3.63) is 53.6 Å². The molecule has 1 aromatic heterocycles. The number of piperazine rings is 1. The summed E-state index contributed by atoms with van der Waals surface area (Å²) >= 11 is 1.59. The lowest BCUT2D eigenvalue weighted by atomic mass is 10.1. The second-order valence-corrected chi connectivity index (χ2v) is 8.44. The van der Waals surface area contributed by atoms with E-state index < -0.39 is 0 Å². The molecule has 3 aromatic rings. The van der Waals surface area contributed by atoms with Crippen molar-refractivity contribution >= 4 is 39.0 Å². The van der Waals surface area contributed by atoms with Gasteiger partial charge in [-0.3, -0.25) is 9.69 Å². The van der Waals surface area contributed by atoms with Crippen LogP contribution in [0.25, 0.3) is 10.1 Å². The van der Waals surface area contributed by atoms with E-state index in [0.717, 1.165) is 56.2 Å². The van der Waals surface area contributed by atoms with Crippen LogP contribution in [0.3, 0.4) is 0 Å². The van der Waals surface area contributed by atoms with Crippen LogP contribution in [0.1, 0.15) is 24.5 Å². The predicted molar refractivity (Wildman–Crippen MR) is 122 cm³/mol. The SMILES string of the molecule is CCC(=O)Nc1ccc(CCN2CCN(c3nsc4ccccc34)CC2)cc1C. The molecule has 2 heterocycles. The number of anilines is 2. The Hall–Kier alpha value is -2.44. The average Bonchev–Trinajstić information content (AvgIpc) is 3.18. The zero-order valence-corrected chi connectivity index (χ0v) is 18.0. The molecule has 0 saturated carbocycles. The number of carbonyl (C=O) groups excluding carboxylic acids is 1. The van der Waals surface area contributed by atoms with Crippen LogP contribution in [0.2, 0.25) is 0 Å². The largest absolute Gasteiger partial charge is 0.353 e. The fourth-order valence-corrected chi connectivity index (χ4v) is 4.63. The third kappa shape index (κ3) is 4.60. The first-order chi connectivity index (χ1) is 14.1. The number of amides is 1. The van der Waals surface area contributed by atoms with Gasteiger partial charge in [0.25, 0.3) is 0 Å². The molecule has 1 aliphatic heterocycles. The van der Waals surface area contributed by atoms with Crippen LogP contribution in [0, 0.1) is 6.92 Å². The maximum atomic E-state index is 11.6. The summed E-state index contributed by atoms with van der Waals surface area (Å²) in [4.78, 5) is 16.6. The van der Waals surface area contributed by atoms with E-state index in [9.17, 15) is 4.79 Å². The first kappa shape index (κ1) is 19.9. The number of benzene rings is 2. The van der Waals surface area contributed by atoms with Crippen molar-refractivity contribution in [2.45, 2.75) is 26.7 Å². The Morgan fingerprint density at radius 2 is 1.93 bits per heavy atom. The van der Waals surface area contributed by atoms with Crippen LogP contribution < -0.4 is 10.2 Å². The minimum Gasteiger partial charge on any atom is -0.353 e. The molecule has 1 saturated heterocycles. The number of aromatic nitrogens is 1. The lowest BCUT2D eigenvalue weighted by Gasteiger charge is -2.35. The summed E-state index contributed by atoms with van der Waals surface area (Å²) in [6, 6.07) is 14.9. The number of fused-ring (bicyclic) bond motifs is 1. The third-order valence-corrected chi connectivity index (χ3v) is 6.45. The van der Waals surface area contributed by atoms with E-state index in [1.807, 2.05) is 13.0 Å². The highest BCUT2D eigenvalue weighted by molar-refractivity contribution is 7.13. The smallest absolute Gasteiger partial charge is 0.224 e. The number of rotatable bonds is 6. The highest BCUT2D eigenvalue weighted by Gasteiger charge is 2.20. The first-order valence-corrected chi connectivity index (χ1v) is 11.1. The molecule has 29 heavy (non-hydrogen) atoms. The van der Waals surface area contributed by atoms with Crippen molar-refractivity contribution in [1.29, 1.82) is 0 Å². The van der Waals surface area contributed by atoms with Crippen LogP contribution in [0.15, 0.2) is 42.5 Å². The first-order valence-electron chi connectivity index (χ1n) is 10.3. The lowest BCUT2D eigenvalue weighted by Crippen LogP contribution is -2.47. The molecular formula is C23H28N4OS. The topological polar surface area (TPSA) is 48.5 Å². The van der Waals surface area contributed by atoms with Gasteiger partial charge < -0.3 is 10.2 Å². The van der Waals surface area contributed by atoms with Gasteiger partial charge in [-0.25, -0.2) is 0 Å². The Morgan fingerprint density at radius 3 is 2.69 bits per heavy atom. The quantitative estimate of drug-likeness (QED) is 0.660. The standard InChI is InChI=1S/C23H28N4OS/c1-3-22(28)24-20-9-8-18(16-17(20)2)10-11-26-12-14-27(15-13-26)23-19-6-4-5-7-21(19)29-25-23/h4-9,16H,3,10-15H2,1-2H3,(H,24,28). The Morgan fingerprint density at radius 1 is 1.14 bits per heavy atom. The molecule has 4 rings (SSSR count). The van der Waals surface area contributed by atoms with Crippen LogP contribution in [0.4, 0.5) is 11.5 Å². The second-order valence-electron chi connectivity index (χ2n) is 7.63. The molecule has 0 atom stereocenters. The van der Waals surface area contributed by atoms with Crippen molar-refractivity contribution in [3.63, 3.8) is 0 Å². The summed E-state index contributed by atoms with van der Waals surface area (Å²) in [6.45, 7) is 9.17. The molecule has 0 aliphatic carbocycles. The normalized spacial score (nSPS) is 15.0. The van der Waals surface area contributed by atoms with Gasteiger partial charge in [0.15, 0.2) is 0 Å². The molecule has 2 aromatic carbocycles. The number of hydrogen-bond acceptors (Lipinski definition) is 5. The molecule has 1 N–H and O–H groups in total. The highest BCUT2D eigenvalue weighted by Crippen LogP contribution is 2.29. The van der Waals surface area contributed by atoms with Crippen LogP contribution in [-0.2, 0) is 11.2 Å². The van der Waals surface area contributed by atoms with Gasteiger partial charge in [-0.2, -0.15) is 4.37 Å². The fourth-order valence-electron chi connectivity index (χ4n) is 3.83. The van der Waals surface area contributed by atoms with Gasteiger partial charge in [0.1, 0.15) is 5.82 Å². The monoisotopic (exact) mass is 408 g/mol. The second kappa shape index (κ2) is 8.93. The number of carbonyl (C=O) groups is 1. The molecular weight excluding hydrogens is 380 g/mol. The number of nitrogens with one attached hydrogen (secondary N) is 1. The lowest BCUT2D eigenvalue weighted by molar-refractivity contribution is -0.115. The van der Waals surface area contributed by atoms with E-state index in [1.54, 1.807) is 11.5 Å².